The van der Waals surface area contributed by atoms with Crippen LogP contribution in [-0.4, -0.2) is 41.0 Å². The number of imidazole rings is 1. The van der Waals surface area contributed by atoms with Crippen molar-refractivity contribution in [1.82, 2.24) is 35.1 Å². The summed E-state index contributed by atoms with van der Waals surface area (Å²) in [6.07, 6.45) is 11.1. The first-order valence-electron chi connectivity index (χ1n) is 12.2. The van der Waals surface area contributed by atoms with E-state index in [1.807, 2.05) is 36.4 Å². The summed E-state index contributed by atoms with van der Waals surface area (Å²) in [6, 6.07) is 13.9. The van der Waals surface area contributed by atoms with E-state index >= 15 is 0 Å². The molecule has 0 radical (unpaired) electrons. The lowest BCUT2D eigenvalue weighted by Crippen LogP contribution is -2.11. The first-order chi connectivity index (χ1) is 18.2. The third-order valence-electron chi connectivity index (χ3n) is 6.28. The number of hydrogen-bond donors (Lipinski definition) is 3. The van der Waals surface area contributed by atoms with Gasteiger partial charge in [-0.3, -0.25) is 19.9 Å². The van der Waals surface area contributed by atoms with Gasteiger partial charge < -0.3 is 10.3 Å². The number of carbonyl (C=O) groups is 1. The second-order valence-electron chi connectivity index (χ2n) is 8.83. The maximum Gasteiger partial charge on any atom is 0.224 e. The van der Waals surface area contributed by atoms with Gasteiger partial charge in [0.1, 0.15) is 5.69 Å². The summed E-state index contributed by atoms with van der Waals surface area (Å²) in [4.78, 5) is 33.3. The third kappa shape index (κ3) is 4.42. The molecule has 0 aliphatic carbocycles. The number of anilines is 1. The molecule has 0 bridgehead atoms. The molecule has 0 fully saturated rings. The fourth-order valence-corrected chi connectivity index (χ4v) is 4.40. The SMILES string of the molecule is CCCCC(=O)Nc1cncc(-c2ccc3[nH]nc(-c4nc5nccc(-c6ccncc6)c5[nH]4)c3c2)c1. The Bertz CT molecular complexity index is 1720. The number of unbranched alkanes of at least 4 members (excludes halogenated alkanes) is 1. The van der Waals surface area contributed by atoms with Gasteiger partial charge >= 0.3 is 0 Å². The van der Waals surface area contributed by atoms with Crippen molar-refractivity contribution in [2.45, 2.75) is 26.2 Å². The Balaban J connectivity index is 1.37. The summed E-state index contributed by atoms with van der Waals surface area (Å²) in [7, 11) is 0. The molecular weight excluding hydrogens is 464 g/mol. The van der Waals surface area contributed by atoms with Crippen LogP contribution in [0.2, 0.25) is 0 Å². The van der Waals surface area contributed by atoms with E-state index in [0.29, 0.717) is 29.3 Å². The normalized spacial score (nSPS) is 11.3. The number of aromatic nitrogens is 7. The molecule has 0 unspecified atom stereocenters. The predicted octanol–water partition coefficient (Wildman–Crippen LogP) is 5.75. The van der Waals surface area contributed by atoms with Gasteiger partial charge in [-0.1, -0.05) is 19.4 Å². The zero-order valence-corrected chi connectivity index (χ0v) is 20.2. The predicted molar refractivity (Wildman–Crippen MR) is 144 cm³/mol. The fourth-order valence-electron chi connectivity index (χ4n) is 4.40. The number of carbonyl (C=O) groups excluding carboxylic acids is 1. The van der Waals surface area contributed by atoms with Gasteiger partial charge in [-0.05, 0) is 53.9 Å². The van der Waals surface area contributed by atoms with Crippen LogP contribution < -0.4 is 5.32 Å². The Morgan fingerprint density at radius 1 is 0.946 bits per heavy atom. The summed E-state index contributed by atoms with van der Waals surface area (Å²) in [5.41, 5.74) is 7.60. The number of nitrogens with one attached hydrogen (secondary N) is 3. The minimum absolute atomic E-state index is 0.00185. The monoisotopic (exact) mass is 488 g/mol. The highest BCUT2D eigenvalue weighted by atomic mass is 16.1. The molecule has 1 amide bonds. The van der Waals surface area contributed by atoms with Crippen molar-refractivity contribution in [3.8, 4) is 33.8 Å². The zero-order chi connectivity index (χ0) is 25.2. The molecule has 0 saturated carbocycles. The Morgan fingerprint density at radius 2 is 1.84 bits per heavy atom. The van der Waals surface area contributed by atoms with Crippen LogP contribution in [0.15, 0.2) is 73.4 Å². The summed E-state index contributed by atoms with van der Waals surface area (Å²) < 4.78 is 0. The highest BCUT2D eigenvalue weighted by molar-refractivity contribution is 5.98. The van der Waals surface area contributed by atoms with Gasteiger partial charge in [-0.15, -0.1) is 0 Å². The van der Waals surface area contributed by atoms with Gasteiger partial charge in [0.15, 0.2) is 11.5 Å². The van der Waals surface area contributed by atoms with E-state index in [1.54, 1.807) is 31.0 Å². The Hall–Kier alpha value is -4.92. The van der Waals surface area contributed by atoms with E-state index < -0.39 is 0 Å². The van der Waals surface area contributed by atoms with Crippen molar-refractivity contribution in [2.24, 2.45) is 0 Å². The van der Waals surface area contributed by atoms with Gasteiger partial charge in [0.2, 0.25) is 5.91 Å². The lowest BCUT2D eigenvalue weighted by molar-refractivity contribution is -0.116. The van der Waals surface area contributed by atoms with Gasteiger partial charge in [0.25, 0.3) is 0 Å². The van der Waals surface area contributed by atoms with E-state index in [-0.39, 0.29) is 5.91 Å². The second kappa shape index (κ2) is 9.62. The molecule has 6 aromatic rings. The molecule has 0 atom stereocenters. The zero-order valence-electron chi connectivity index (χ0n) is 20.2. The van der Waals surface area contributed by atoms with Gasteiger partial charge in [-0.2, -0.15) is 5.10 Å². The van der Waals surface area contributed by atoms with Crippen molar-refractivity contribution in [1.29, 1.82) is 0 Å². The Labute approximate surface area is 212 Å². The molecule has 37 heavy (non-hydrogen) atoms. The molecule has 0 saturated heterocycles. The van der Waals surface area contributed by atoms with E-state index in [2.05, 4.69) is 48.4 Å². The topological polar surface area (TPSA) is 125 Å². The number of hydrogen-bond acceptors (Lipinski definition) is 6. The van der Waals surface area contributed by atoms with E-state index in [4.69, 9.17) is 4.98 Å². The van der Waals surface area contributed by atoms with Crippen LogP contribution in [0.4, 0.5) is 5.69 Å². The molecule has 0 spiro atoms. The van der Waals surface area contributed by atoms with Gasteiger partial charge in [-0.25, -0.2) is 9.97 Å². The molecule has 0 aliphatic heterocycles. The van der Waals surface area contributed by atoms with Crippen molar-refractivity contribution in [2.75, 3.05) is 5.32 Å². The Morgan fingerprint density at radius 3 is 2.70 bits per heavy atom. The summed E-state index contributed by atoms with van der Waals surface area (Å²) in [5.74, 6) is 0.625. The first kappa shape index (κ1) is 22.5. The number of rotatable bonds is 7. The number of pyridine rings is 3. The number of amides is 1. The first-order valence-corrected chi connectivity index (χ1v) is 12.2. The van der Waals surface area contributed by atoms with Crippen molar-refractivity contribution >= 4 is 33.7 Å². The van der Waals surface area contributed by atoms with E-state index in [9.17, 15) is 4.79 Å². The lowest BCUT2D eigenvalue weighted by Gasteiger charge is -2.07. The van der Waals surface area contributed by atoms with Crippen LogP contribution in [0.3, 0.4) is 0 Å². The number of H-pyrrole nitrogens is 2. The minimum atomic E-state index is -0.00185. The fraction of sp³-hybridized carbons (Fsp3) is 0.143. The standard InChI is InChI=1S/C28H24N8O/c1-2-3-4-24(37)32-20-13-19(15-30-16-20)18-5-6-23-22(14-18)26(36-35-23)28-33-25-21(9-12-31-27(25)34-28)17-7-10-29-11-8-17/h5-16H,2-4H2,1H3,(H,32,37)(H,35,36)(H,31,33,34). The molecular formula is C28H24N8O. The minimum Gasteiger partial charge on any atom is -0.335 e. The molecule has 6 rings (SSSR count). The van der Waals surface area contributed by atoms with Crippen molar-refractivity contribution in [3.05, 3.63) is 73.4 Å². The largest absolute Gasteiger partial charge is 0.335 e. The summed E-state index contributed by atoms with van der Waals surface area (Å²) >= 11 is 0. The highest BCUT2D eigenvalue weighted by Crippen LogP contribution is 2.32. The summed E-state index contributed by atoms with van der Waals surface area (Å²) in [5, 5.41) is 11.5. The number of benzene rings is 1. The molecule has 1 aromatic carbocycles. The molecule has 9 nitrogen and oxygen atoms in total. The average molecular weight is 489 g/mol. The van der Waals surface area contributed by atoms with Crippen LogP contribution in [0, 0.1) is 0 Å². The number of aromatic amines is 2. The van der Waals surface area contributed by atoms with E-state index in [1.165, 1.54) is 0 Å². The van der Waals surface area contributed by atoms with Crippen LogP contribution in [-0.2, 0) is 4.79 Å². The smallest absolute Gasteiger partial charge is 0.224 e. The molecule has 0 aliphatic rings. The molecule has 3 N–H and O–H groups in total. The summed E-state index contributed by atoms with van der Waals surface area (Å²) in [6.45, 7) is 2.07. The maximum atomic E-state index is 12.2. The quantitative estimate of drug-likeness (QED) is 0.263. The van der Waals surface area contributed by atoms with Crippen molar-refractivity contribution in [3.63, 3.8) is 0 Å². The maximum absolute atomic E-state index is 12.2. The van der Waals surface area contributed by atoms with Crippen LogP contribution in [0.1, 0.15) is 26.2 Å². The van der Waals surface area contributed by atoms with Crippen LogP contribution in [0.25, 0.3) is 55.8 Å². The van der Waals surface area contributed by atoms with E-state index in [0.717, 1.165) is 51.5 Å². The van der Waals surface area contributed by atoms with Gasteiger partial charge in [0, 0.05) is 47.7 Å². The number of fused-ring (bicyclic) bond motifs is 2. The molecule has 9 heteroatoms. The van der Waals surface area contributed by atoms with Gasteiger partial charge in [0.05, 0.1) is 22.9 Å². The molecule has 182 valence electrons. The average Bonchev–Trinajstić information content (AvgIpc) is 3.56. The number of nitrogens with zero attached hydrogens (tertiary/aromatic N) is 5. The molecule has 5 aromatic heterocycles. The molecule has 5 heterocycles. The second-order valence-corrected chi connectivity index (χ2v) is 8.83. The van der Waals surface area contributed by atoms with Crippen LogP contribution in [0.5, 0.6) is 0 Å². The van der Waals surface area contributed by atoms with Crippen molar-refractivity contribution < 1.29 is 4.79 Å². The lowest BCUT2D eigenvalue weighted by atomic mass is 10.0. The highest BCUT2D eigenvalue weighted by Gasteiger charge is 2.16. The Kier molecular flexibility index (Phi) is 5.86. The third-order valence-corrected chi connectivity index (χ3v) is 6.28. The van der Waals surface area contributed by atoms with Crippen LogP contribution >= 0.6 is 0 Å².